The second kappa shape index (κ2) is 5.29. The summed E-state index contributed by atoms with van der Waals surface area (Å²) in [5.41, 5.74) is 15.4. The van der Waals surface area contributed by atoms with E-state index < -0.39 is 0 Å². The molecule has 2 N–H and O–H groups in total. The number of nitrogens with two attached hydrogens (primary N) is 1. The number of hydrogen-bond donors (Lipinski definition) is 1. The van der Waals surface area contributed by atoms with Crippen LogP contribution in [0.3, 0.4) is 0 Å². The summed E-state index contributed by atoms with van der Waals surface area (Å²) in [6.07, 6.45) is 0.394. The van der Waals surface area contributed by atoms with Gasteiger partial charge in [-0.1, -0.05) is 21.0 Å². The van der Waals surface area contributed by atoms with E-state index >= 15 is 0 Å². The lowest BCUT2D eigenvalue weighted by Gasteiger charge is -2.18. The number of anilines is 2. The average Bonchev–Trinajstić information content (AvgIpc) is 2.71. The number of nitrogen functional groups attached to an aromatic ring is 1. The van der Waals surface area contributed by atoms with Gasteiger partial charge < -0.3 is 10.6 Å². The maximum absolute atomic E-state index is 11.9. The summed E-state index contributed by atoms with van der Waals surface area (Å²) in [6, 6.07) is 5.41. The van der Waals surface area contributed by atoms with E-state index in [0.29, 0.717) is 30.9 Å². The topological polar surface area (TPSA) is 95.1 Å². The summed E-state index contributed by atoms with van der Waals surface area (Å²) in [5.74, 6) is 0.0738. The number of carbonyl (C=O) groups excluding carboxylic acids is 1. The molecule has 1 heterocycles. The Morgan fingerprint density at radius 2 is 2.39 bits per heavy atom. The lowest BCUT2D eigenvalue weighted by Crippen LogP contribution is -2.25. The quantitative estimate of drug-likeness (QED) is 0.402. The van der Waals surface area contributed by atoms with Crippen LogP contribution >= 0.6 is 15.9 Å². The fourth-order valence-electron chi connectivity index (χ4n) is 2.04. The Morgan fingerprint density at radius 3 is 3.11 bits per heavy atom. The first-order valence-electron chi connectivity index (χ1n) is 5.48. The Bertz CT molecular complexity index is 526. The van der Waals surface area contributed by atoms with Crippen molar-refractivity contribution in [1.82, 2.24) is 0 Å². The van der Waals surface area contributed by atoms with Gasteiger partial charge in [0.25, 0.3) is 0 Å². The van der Waals surface area contributed by atoms with Crippen molar-refractivity contribution in [2.45, 2.75) is 6.42 Å². The molecular formula is C11H12BrN5O. The maximum Gasteiger partial charge on any atom is 0.227 e. The Hall–Kier alpha value is -1.72. The lowest BCUT2D eigenvalue weighted by atomic mass is 10.1. The van der Waals surface area contributed by atoms with Crippen LogP contribution in [0.2, 0.25) is 0 Å². The molecular weight excluding hydrogens is 298 g/mol. The molecule has 2 rings (SSSR count). The molecule has 7 heteroatoms. The molecule has 0 aromatic heterocycles. The number of hydrogen-bond acceptors (Lipinski definition) is 3. The van der Waals surface area contributed by atoms with Crippen LogP contribution in [0, 0.1) is 5.92 Å². The van der Waals surface area contributed by atoms with E-state index in [9.17, 15) is 4.79 Å². The van der Waals surface area contributed by atoms with Gasteiger partial charge in [-0.25, -0.2) is 0 Å². The highest BCUT2D eigenvalue weighted by Crippen LogP contribution is 2.32. The average molecular weight is 310 g/mol. The minimum absolute atomic E-state index is 0.0120. The van der Waals surface area contributed by atoms with Crippen LogP contribution in [0.15, 0.2) is 27.8 Å². The van der Waals surface area contributed by atoms with Gasteiger partial charge in [0.2, 0.25) is 5.91 Å². The molecule has 0 saturated carbocycles. The zero-order valence-electron chi connectivity index (χ0n) is 9.58. The summed E-state index contributed by atoms with van der Waals surface area (Å²) in [7, 11) is 0. The van der Waals surface area contributed by atoms with Crippen molar-refractivity contribution in [3.05, 3.63) is 33.1 Å². The van der Waals surface area contributed by atoms with Crippen molar-refractivity contribution in [2.24, 2.45) is 11.0 Å². The van der Waals surface area contributed by atoms with Gasteiger partial charge in [-0.15, -0.1) is 0 Å². The Labute approximate surface area is 113 Å². The van der Waals surface area contributed by atoms with Crippen molar-refractivity contribution in [3.63, 3.8) is 0 Å². The number of amides is 1. The molecule has 1 aliphatic rings. The molecule has 0 aliphatic carbocycles. The smallest absolute Gasteiger partial charge is 0.227 e. The molecule has 1 unspecified atom stereocenters. The van der Waals surface area contributed by atoms with Crippen molar-refractivity contribution in [2.75, 3.05) is 23.7 Å². The molecule has 0 spiro atoms. The van der Waals surface area contributed by atoms with E-state index in [1.807, 2.05) is 12.1 Å². The molecule has 1 aromatic carbocycles. The van der Waals surface area contributed by atoms with E-state index in [1.165, 1.54) is 0 Å². The van der Waals surface area contributed by atoms with Gasteiger partial charge in [-0.3, -0.25) is 4.79 Å². The number of halogens is 1. The molecule has 1 atom stereocenters. The molecule has 94 valence electrons. The van der Waals surface area contributed by atoms with Crippen molar-refractivity contribution in [3.8, 4) is 0 Å². The predicted molar refractivity (Wildman–Crippen MR) is 73.0 cm³/mol. The highest BCUT2D eigenvalue weighted by molar-refractivity contribution is 9.10. The Morgan fingerprint density at radius 1 is 1.61 bits per heavy atom. The molecule has 18 heavy (non-hydrogen) atoms. The maximum atomic E-state index is 11.9. The normalized spacial score (nSPS) is 18.8. The van der Waals surface area contributed by atoms with Gasteiger partial charge in [-0.2, -0.15) is 0 Å². The predicted octanol–water partition coefficient (Wildman–Crippen LogP) is 2.69. The van der Waals surface area contributed by atoms with E-state index in [0.717, 1.165) is 4.47 Å². The number of carbonyl (C=O) groups is 1. The standard InChI is InChI=1S/C11H12BrN5O/c12-8-1-2-9(13)10(4-8)17-6-7(3-11(17)18)5-15-16-14/h1-2,4,7H,3,5-6,13H2. The van der Waals surface area contributed by atoms with Crippen LogP contribution in [-0.4, -0.2) is 19.0 Å². The van der Waals surface area contributed by atoms with Crippen LogP contribution < -0.4 is 10.6 Å². The molecule has 1 amide bonds. The second-order valence-electron chi connectivity index (χ2n) is 4.19. The Balaban J connectivity index is 2.21. The van der Waals surface area contributed by atoms with Crippen LogP contribution in [0.4, 0.5) is 11.4 Å². The number of rotatable bonds is 3. The molecule has 0 radical (unpaired) electrons. The zero-order chi connectivity index (χ0) is 13.1. The van der Waals surface area contributed by atoms with Crippen molar-refractivity contribution < 1.29 is 4.79 Å². The van der Waals surface area contributed by atoms with Crippen LogP contribution in [0.25, 0.3) is 10.4 Å². The second-order valence-corrected chi connectivity index (χ2v) is 5.11. The Kier molecular flexibility index (Phi) is 3.74. The van der Waals surface area contributed by atoms with Gasteiger partial charge in [0.1, 0.15) is 0 Å². The minimum atomic E-state index is 0.0120. The van der Waals surface area contributed by atoms with E-state index in [-0.39, 0.29) is 11.8 Å². The first kappa shape index (κ1) is 12.7. The minimum Gasteiger partial charge on any atom is -0.397 e. The van der Waals surface area contributed by atoms with Crippen LogP contribution in [-0.2, 0) is 4.79 Å². The third-order valence-corrected chi connectivity index (χ3v) is 3.38. The van der Waals surface area contributed by atoms with Crippen LogP contribution in [0.5, 0.6) is 0 Å². The van der Waals surface area contributed by atoms with Gasteiger partial charge >= 0.3 is 0 Å². The molecule has 1 aliphatic heterocycles. The fourth-order valence-corrected chi connectivity index (χ4v) is 2.39. The number of benzene rings is 1. The highest BCUT2D eigenvalue weighted by atomic mass is 79.9. The highest BCUT2D eigenvalue weighted by Gasteiger charge is 2.31. The largest absolute Gasteiger partial charge is 0.397 e. The van der Waals surface area contributed by atoms with Crippen molar-refractivity contribution >= 4 is 33.2 Å². The van der Waals surface area contributed by atoms with E-state index in [1.54, 1.807) is 11.0 Å². The van der Waals surface area contributed by atoms with Gasteiger partial charge in [0, 0.05) is 28.9 Å². The van der Waals surface area contributed by atoms with Gasteiger partial charge in [-0.05, 0) is 29.6 Å². The molecule has 1 saturated heterocycles. The fraction of sp³-hybridized carbons (Fsp3) is 0.364. The summed E-state index contributed by atoms with van der Waals surface area (Å²) < 4.78 is 0.873. The van der Waals surface area contributed by atoms with Crippen LogP contribution in [0.1, 0.15) is 6.42 Å². The molecule has 6 nitrogen and oxygen atoms in total. The van der Waals surface area contributed by atoms with Crippen molar-refractivity contribution in [1.29, 1.82) is 0 Å². The monoisotopic (exact) mass is 309 g/mol. The van der Waals surface area contributed by atoms with E-state index in [2.05, 4.69) is 26.0 Å². The first-order chi connectivity index (χ1) is 8.61. The van der Waals surface area contributed by atoms with E-state index in [4.69, 9.17) is 11.3 Å². The third-order valence-electron chi connectivity index (χ3n) is 2.89. The SMILES string of the molecule is [N-]=[N+]=NCC1CC(=O)N(c2cc(Br)ccc2N)C1. The number of azide groups is 1. The summed E-state index contributed by atoms with van der Waals surface area (Å²) in [4.78, 5) is 16.3. The molecule has 1 aromatic rings. The summed E-state index contributed by atoms with van der Waals surface area (Å²) in [6.45, 7) is 0.880. The number of nitrogens with zero attached hydrogens (tertiary/aromatic N) is 4. The third kappa shape index (κ3) is 2.57. The molecule has 1 fully saturated rings. The lowest BCUT2D eigenvalue weighted by molar-refractivity contribution is -0.117. The summed E-state index contributed by atoms with van der Waals surface area (Å²) >= 11 is 3.36. The molecule has 0 bridgehead atoms. The van der Waals surface area contributed by atoms with Gasteiger partial charge in [0.15, 0.2) is 0 Å². The first-order valence-corrected chi connectivity index (χ1v) is 6.27. The zero-order valence-corrected chi connectivity index (χ0v) is 11.2. The summed E-state index contributed by atoms with van der Waals surface area (Å²) in [5, 5.41) is 3.52. The van der Waals surface area contributed by atoms with Gasteiger partial charge in [0.05, 0.1) is 11.4 Å².